The van der Waals surface area contributed by atoms with Crippen LogP contribution in [0.5, 0.6) is 0 Å². The van der Waals surface area contributed by atoms with Crippen molar-refractivity contribution in [2.24, 2.45) is 0 Å². The summed E-state index contributed by atoms with van der Waals surface area (Å²) >= 11 is 0. The highest BCUT2D eigenvalue weighted by molar-refractivity contribution is 5.66. The minimum atomic E-state index is -0.674. The molecule has 0 unspecified atom stereocenters. The van der Waals surface area contributed by atoms with Gasteiger partial charge in [0, 0.05) is 6.42 Å². The average molecular weight is 324 g/mol. The van der Waals surface area contributed by atoms with E-state index < -0.39 is 5.97 Å². The zero-order valence-electron chi connectivity index (χ0n) is 14.3. The monoisotopic (exact) mass is 324 g/mol. The molecule has 6 nitrogen and oxygen atoms in total. The molecule has 6 heteroatoms. The zero-order valence-corrected chi connectivity index (χ0v) is 14.3. The lowest BCUT2D eigenvalue weighted by molar-refractivity contribution is -0.194. The van der Waals surface area contributed by atoms with Gasteiger partial charge in [-0.25, -0.2) is 0 Å². The predicted molar refractivity (Wildman–Crippen MR) is 91.3 cm³/mol. The van der Waals surface area contributed by atoms with Crippen molar-refractivity contribution >= 4 is 5.97 Å². The largest absolute Gasteiger partial charge is 0.481 e. The van der Waals surface area contributed by atoms with Crippen LogP contribution in [0.2, 0.25) is 0 Å². The lowest BCUT2D eigenvalue weighted by Crippen LogP contribution is -2.71. The number of allylic oxidation sites excluding steroid dienone is 1. The van der Waals surface area contributed by atoms with Crippen molar-refractivity contribution < 1.29 is 9.90 Å². The lowest BCUT2D eigenvalue weighted by atomic mass is 10.1. The summed E-state index contributed by atoms with van der Waals surface area (Å²) < 4.78 is 0. The Morgan fingerprint density at radius 1 is 0.783 bits per heavy atom. The Hall–Kier alpha value is -0.950. The van der Waals surface area contributed by atoms with Gasteiger partial charge in [-0.05, 0) is 19.3 Å². The molecule has 4 rings (SSSR count). The molecule has 23 heavy (non-hydrogen) atoms. The second-order valence-corrected chi connectivity index (χ2v) is 6.87. The molecule has 4 bridgehead atoms. The molecule has 4 aliphatic rings. The van der Waals surface area contributed by atoms with Gasteiger partial charge in [0.1, 0.15) is 0 Å². The van der Waals surface area contributed by atoms with Gasteiger partial charge in [0.2, 0.25) is 0 Å². The van der Waals surface area contributed by atoms with Crippen LogP contribution in [0.1, 0.15) is 51.4 Å². The molecule has 0 atom stereocenters. The van der Waals surface area contributed by atoms with Crippen molar-refractivity contribution in [1.82, 2.24) is 19.6 Å². The second kappa shape index (κ2) is 10.0. The van der Waals surface area contributed by atoms with E-state index in [1.54, 1.807) is 0 Å². The Kier molecular flexibility index (Phi) is 8.02. The van der Waals surface area contributed by atoms with Gasteiger partial charge < -0.3 is 5.11 Å². The Morgan fingerprint density at radius 3 is 1.57 bits per heavy atom. The van der Waals surface area contributed by atoms with Crippen molar-refractivity contribution in [3.05, 3.63) is 12.7 Å². The molecule has 0 saturated carbocycles. The normalized spacial score (nSPS) is 30.6. The third-order valence-electron chi connectivity index (χ3n) is 4.45. The van der Waals surface area contributed by atoms with Crippen LogP contribution in [-0.4, -0.2) is 70.7 Å². The fraction of sp³-hybridized carbons (Fsp3) is 0.824. The van der Waals surface area contributed by atoms with E-state index in [-0.39, 0.29) is 0 Å². The van der Waals surface area contributed by atoms with E-state index in [0.29, 0.717) is 6.42 Å². The summed E-state index contributed by atoms with van der Waals surface area (Å²) in [7, 11) is 0. The number of carboxylic acids is 1. The highest BCUT2D eigenvalue weighted by Gasteiger charge is 2.36. The molecule has 0 spiro atoms. The summed E-state index contributed by atoms with van der Waals surface area (Å²) in [5.74, 6) is -0.674. The molecule has 1 N–H and O–H groups in total. The number of unbranched alkanes of at least 4 members (excludes halogenated alkanes) is 6. The molecule has 4 saturated heterocycles. The van der Waals surface area contributed by atoms with Crippen LogP contribution < -0.4 is 0 Å². The molecule has 4 fully saturated rings. The first kappa shape index (κ1) is 18.4. The molecule has 0 aromatic carbocycles. The number of nitrogens with zero attached hydrogens (tertiary/aromatic N) is 4. The first-order valence-electron chi connectivity index (χ1n) is 8.89. The highest BCUT2D eigenvalue weighted by Crippen LogP contribution is 2.20. The van der Waals surface area contributed by atoms with E-state index in [9.17, 15) is 4.79 Å². The fourth-order valence-corrected chi connectivity index (χ4v) is 3.51. The highest BCUT2D eigenvalue weighted by atomic mass is 16.4. The number of hydrogen-bond acceptors (Lipinski definition) is 5. The van der Waals surface area contributed by atoms with Crippen molar-refractivity contribution in [3.63, 3.8) is 0 Å². The maximum Gasteiger partial charge on any atom is 0.303 e. The molecule has 0 amide bonds. The Balaban J connectivity index is 0.000000170. The number of aliphatic carboxylic acids is 1. The first-order chi connectivity index (χ1) is 11.2. The molecule has 0 aliphatic carbocycles. The predicted octanol–water partition coefficient (Wildman–Crippen LogP) is 2.36. The van der Waals surface area contributed by atoms with Crippen LogP contribution in [0.4, 0.5) is 0 Å². The van der Waals surface area contributed by atoms with Gasteiger partial charge in [-0.1, -0.05) is 31.8 Å². The number of carboxylic acid groups (broad SMARTS) is 1. The third-order valence-corrected chi connectivity index (χ3v) is 4.45. The molecular weight excluding hydrogens is 292 g/mol. The molecule has 0 radical (unpaired) electrons. The number of rotatable bonds is 9. The van der Waals surface area contributed by atoms with Crippen LogP contribution in [-0.2, 0) is 4.79 Å². The van der Waals surface area contributed by atoms with Gasteiger partial charge in [0.25, 0.3) is 0 Å². The van der Waals surface area contributed by atoms with Crippen LogP contribution in [0, 0.1) is 0 Å². The third kappa shape index (κ3) is 6.99. The van der Waals surface area contributed by atoms with Gasteiger partial charge in [-0.2, -0.15) is 0 Å². The number of hydrogen-bond donors (Lipinski definition) is 1. The minimum absolute atomic E-state index is 0.326. The van der Waals surface area contributed by atoms with Gasteiger partial charge in [0.15, 0.2) is 0 Å². The lowest BCUT2D eigenvalue weighted by Gasteiger charge is -2.56. The molecule has 4 heterocycles. The van der Waals surface area contributed by atoms with Crippen LogP contribution in [0.15, 0.2) is 12.7 Å². The molecule has 132 valence electrons. The van der Waals surface area contributed by atoms with E-state index in [2.05, 4.69) is 26.2 Å². The summed E-state index contributed by atoms with van der Waals surface area (Å²) in [6.07, 6.45) is 10.1. The summed E-state index contributed by atoms with van der Waals surface area (Å²) in [4.78, 5) is 20.0. The standard InChI is InChI=1S/C11H20O2.C6H12N4/c1-2-3-4-5-6-7-8-9-10-11(12)13;1-7-2-9-4-8(1)5-10(3-7)6-9/h2H,1,3-10H2,(H,12,13);1-6H2. The Bertz CT molecular complexity index is 319. The second-order valence-electron chi connectivity index (χ2n) is 6.87. The van der Waals surface area contributed by atoms with Crippen LogP contribution in [0.25, 0.3) is 0 Å². The van der Waals surface area contributed by atoms with Crippen LogP contribution in [0.3, 0.4) is 0 Å². The summed E-state index contributed by atoms with van der Waals surface area (Å²) in [6, 6.07) is 0. The van der Waals surface area contributed by atoms with Gasteiger partial charge in [0.05, 0.1) is 40.0 Å². The Morgan fingerprint density at radius 2 is 1.17 bits per heavy atom. The molecule has 0 aromatic heterocycles. The summed E-state index contributed by atoms with van der Waals surface area (Å²) in [5, 5.41) is 8.38. The van der Waals surface area contributed by atoms with Crippen molar-refractivity contribution in [2.75, 3.05) is 40.0 Å². The maximum absolute atomic E-state index is 10.2. The van der Waals surface area contributed by atoms with Crippen molar-refractivity contribution in [2.45, 2.75) is 51.4 Å². The average Bonchev–Trinajstić information content (AvgIpc) is 2.49. The molecular formula is C17H32N4O2. The quantitative estimate of drug-likeness (QED) is 0.519. The van der Waals surface area contributed by atoms with Crippen molar-refractivity contribution in [3.8, 4) is 0 Å². The van der Waals surface area contributed by atoms with Crippen molar-refractivity contribution in [1.29, 1.82) is 0 Å². The summed E-state index contributed by atoms with van der Waals surface area (Å²) in [5.41, 5.74) is 0. The van der Waals surface area contributed by atoms with Gasteiger partial charge in [-0.3, -0.25) is 24.4 Å². The Labute approximate surface area is 140 Å². The minimum Gasteiger partial charge on any atom is -0.481 e. The summed E-state index contributed by atoms with van der Waals surface area (Å²) in [6.45, 7) is 10.8. The van der Waals surface area contributed by atoms with Gasteiger partial charge in [-0.15, -0.1) is 6.58 Å². The van der Waals surface area contributed by atoms with Gasteiger partial charge >= 0.3 is 5.97 Å². The van der Waals surface area contributed by atoms with E-state index in [1.807, 2.05) is 6.08 Å². The molecule has 0 aromatic rings. The smallest absolute Gasteiger partial charge is 0.303 e. The van der Waals surface area contributed by atoms with E-state index in [4.69, 9.17) is 5.11 Å². The van der Waals surface area contributed by atoms with E-state index in [0.717, 1.165) is 19.3 Å². The zero-order chi connectivity index (χ0) is 16.5. The topological polar surface area (TPSA) is 50.3 Å². The van der Waals surface area contributed by atoms with E-state index >= 15 is 0 Å². The fourth-order valence-electron chi connectivity index (χ4n) is 3.51. The first-order valence-corrected chi connectivity index (χ1v) is 8.89. The maximum atomic E-state index is 10.2. The van der Waals surface area contributed by atoms with Crippen LogP contribution >= 0.6 is 0 Å². The number of carbonyl (C=O) groups is 1. The molecule has 4 aliphatic heterocycles. The SMILES string of the molecule is C1N2CN3CN1CN(C2)C3.C=CCCCCCCCCC(=O)O. The van der Waals surface area contributed by atoms with E-state index in [1.165, 1.54) is 65.7 Å².